The van der Waals surface area contributed by atoms with E-state index in [9.17, 15) is 24.5 Å². The van der Waals surface area contributed by atoms with Crippen LogP contribution in [0.1, 0.15) is 47.1 Å². The molecule has 0 bridgehead atoms. The van der Waals surface area contributed by atoms with Crippen LogP contribution >= 0.6 is 0 Å². The van der Waals surface area contributed by atoms with Crippen molar-refractivity contribution >= 4 is 29.0 Å². The monoisotopic (exact) mass is 398 g/mol. The van der Waals surface area contributed by atoms with Gasteiger partial charge >= 0.3 is 5.97 Å². The molecule has 0 radical (unpaired) electrons. The zero-order valence-corrected chi connectivity index (χ0v) is 16.6. The molecule has 0 saturated carbocycles. The number of nitro benzene ring substituents is 1. The van der Waals surface area contributed by atoms with Crippen molar-refractivity contribution in [3.8, 4) is 0 Å². The molecule has 0 fully saturated rings. The van der Waals surface area contributed by atoms with E-state index in [-0.39, 0.29) is 17.2 Å². The molecule has 0 atom stereocenters. The average Bonchev–Trinajstić information content (AvgIpc) is 2.65. The molecule has 29 heavy (non-hydrogen) atoms. The van der Waals surface area contributed by atoms with E-state index in [0.29, 0.717) is 16.8 Å². The first kappa shape index (κ1) is 21.7. The molecule has 8 heteroatoms. The second-order valence-corrected chi connectivity index (χ2v) is 7.54. The van der Waals surface area contributed by atoms with E-state index in [2.05, 4.69) is 5.32 Å². The van der Waals surface area contributed by atoms with Gasteiger partial charge in [0.2, 0.25) is 5.91 Å². The molecule has 152 valence electrons. The van der Waals surface area contributed by atoms with Crippen molar-refractivity contribution in [3.63, 3.8) is 0 Å². The molecule has 0 aliphatic carbocycles. The van der Waals surface area contributed by atoms with E-state index in [0.717, 1.165) is 6.07 Å². The van der Waals surface area contributed by atoms with Crippen molar-refractivity contribution in [2.24, 2.45) is 5.41 Å². The van der Waals surface area contributed by atoms with Crippen LogP contribution in [0.25, 0.3) is 0 Å². The largest absolute Gasteiger partial charge is 0.454 e. The number of carbonyl (C=O) groups excluding carboxylic acids is 3. The van der Waals surface area contributed by atoms with Crippen LogP contribution in [0.2, 0.25) is 0 Å². The molecule has 0 unspecified atom stereocenters. The predicted octanol–water partition coefficient (Wildman–Crippen LogP) is 3.93. The number of Topliss-reactive ketones (excluding diaryl/α,β-unsaturated/α-hetero) is 1. The second kappa shape index (κ2) is 8.64. The summed E-state index contributed by atoms with van der Waals surface area (Å²) in [6.07, 6.45) is 0. The summed E-state index contributed by atoms with van der Waals surface area (Å²) in [6, 6.07) is 10.2. The number of rotatable bonds is 6. The number of hydrogen-bond donors (Lipinski definition) is 1. The Morgan fingerprint density at radius 2 is 1.62 bits per heavy atom. The van der Waals surface area contributed by atoms with E-state index >= 15 is 0 Å². The number of nitro groups is 1. The van der Waals surface area contributed by atoms with E-state index in [1.54, 1.807) is 39.8 Å². The summed E-state index contributed by atoms with van der Waals surface area (Å²) in [5, 5.41) is 13.7. The first-order chi connectivity index (χ1) is 13.5. The van der Waals surface area contributed by atoms with E-state index < -0.39 is 28.7 Å². The summed E-state index contributed by atoms with van der Waals surface area (Å²) in [4.78, 5) is 46.7. The highest BCUT2D eigenvalue weighted by Crippen LogP contribution is 2.20. The van der Waals surface area contributed by atoms with Gasteiger partial charge < -0.3 is 10.1 Å². The third-order valence-electron chi connectivity index (χ3n) is 4.12. The molecule has 0 spiro atoms. The average molecular weight is 398 g/mol. The Kier molecular flexibility index (Phi) is 6.48. The van der Waals surface area contributed by atoms with Gasteiger partial charge in [-0.2, -0.15) is 0 Å². The number of amides is 1. The number of ketones is 1. The molecule has 0 saturated heterocycles. The zero-order valence-electron chi connectivity index (χ0n) is 16.6. The third kappa shape index (κ3) is 5.71. The lowest BCUT2D eigenvalue weighted by molar-refractivity contribution is -0.385. The van der Waals surface area contributed by atoms with Gasteiger partial charge in [0.1, 0.15) is 0 Å². The Morgan fingerprint density at radius 1 is 1.03 bits per heavy atom. The first-order valence-electron chi connectivity index (χ1n) is 8.86. The van der Waals surface area contributed by atoms with Crippen LogP contribution in [-0.2, 0) is 9.53 Å². The minimum Gasteiger partial charge on any atom is -0.454 e. The molecule has 2 aromatic carbocycles. The van der Waals surface area contributed by atoms with Gasteiger partial charge in [0.05, 0.1) is 10.5 Å². The maximum absolute atomic E-state index is 12.2. The van der Waals surface area contributed by atoms with E-state index in [1.807, 2.05) is 0 Å². The van der Waals surface area contributed by atoms with Gasteiger partial charge in [-0.15, -0.1) is 0 Å². The first-order valence-corrected chi connectivity index (χ1v) is 8.86. The van der Waals surface area contributed by atoms with Gasteiger partial charge in [-0.1, -0.05) is 26.8 Å². The fraction of sp³-hybridized carbons (Fsp3) is 0.286. The number of carbonyl (C=O) groups is 3. The topological polar surface area (TPSA) is 116 Å². The van der Waals surface area contributed by atoms with Crippen LogP contribution in [0.4, 0.5) is 11.4 Å². The Bertz CT molecular complexity index is 958. The maximum atomic E-state index is 12.2. The summed E-state index contributed by atoms with van der Waals surface area (Å²) in [6.45, 7) is 6.42. The Balaban J connectivity index is 1.99. The Labute approximate surface area is 168 Å². The standard InChI is InChI=1S/C21H22N2O6/c1-13-5-6-15(11-17(13)23(27)28)19(25)29-12-18(24)14-7-9-16(10-8-14)22-20(26)21(2,3)4/h5-11H,12H2,1-4H3,(H,22,26). The number of hydrogen-bond acceptors (Lipinski definition) is 6. The molecule has 0 heterocycles. The van der Waals surface area contributed by atoms with E-state index in [4.69, 9.17) is 4.74 Å². The van der Waals surface area contributed by atoms with Crippen molar-refractivity contribution in [1.82, 2.24) is 0 Å². The Hall–Kier alpha value is -3.55. The number of anilines is 1. The number of ether oxygens (including phenoxy) is 1. The number of nitrogens with one attached hydrogen (secondary N) is 1. The molecule has 0 aliphatic rings. The summed E-state index contributed by atoms with van der Waals surface area (Å²) in [5.41, 5.74) is 0.524. The fourth-order valence-electron chi connectivity index (χ4n) is 2.29. The molecule has 2 rings (SSSR count). The minimum absolute atomic E-state index is 0.00431. The van der Waals surface area contributed by atoms with Crippen molar-refractivity contribution in [1.29, 1.82) is 0 Å². The van der Waals surface area contributed by atoms with Crippen molar-refractivity contribution in [2.45, 2.75) is 27.7 Å². The van der Waals surface area contributed by atoms with E-state index in [1.165, 1.54) is 24.3 Å². The van der Waals surface area contributed by atoms with Crippen LogP contribution in [0, 0.1) is 22.5 Å². The van der Waals surface area contributed by atoms with Crippen molar-refractivity contribution < 1.29 is 24.0 Å². The number of esters is 1. The highest BCUT2D eigenvalue weighted by Gasteiger charge is 2.21. The van der Waals surface area contributed by atoms with Gasteiger partial charge in [-0.3, -0.25) is 19.7 Å². The van der Waals surface area contributed by atoms with Crippen LogP contribution in [0.5, 0.6) is 0 Å². The molecule has 8 nitrogen and oxygen atoms in total. The smallest absolute Gasteiger partial charge is 0.338 e. The molecular weight excluding hydrogens is 376 g/mol. The third-order valence-corrected chi connectivity index (χ3v) is 4.12. The molecule has 2 aromatic rings. The number of benzene rings is 2. The molecule has 0 aromatic heterocycles. The Morgan fingerprint density at radius 3 is 2.17 bits per heavy atom. The van der Waals surface area contributed by atoms with Crippen LogP contribution in [0.3, 0.4) is 0 Å². The highest BCUT2D eigenvalue weighted by atomic mass is 16.6. The minimum atomic E-state index is -0.824. The van der Waals surface area contributed by atoms with Crippen LogP contribution < -0.4 is 5.32 Å². The molecule has 0 aliphatic heterocycles. The lowest BCUT2D eigenvalue weighted by Crippen LogP contribution is -2.27. The zero-order chi connectivity index (χ0) is 21.8. The molecule has 1 N–H and O–H groups in total. The second-order valence-electron chi connectivity index (χ2n) is 7.54. The summed E-state index contributed by atoms with van der Waals surface area (Å²) < 4.78 is 4.98. The molecule has 1 amide bonds. The maximum Gasteiger partial charge on any atom is 0.338 e. The highest BCUT2D eigenvalue weighted by molar-refractivity contribution is 6.00. The van der Waals surface area contributed by atoms with Gasteiger partial charge in [0, 0.05) is 28.3 Å². The predicted molar refractivity (Wildman–Crippen MR) is 107 cm³/mol. The normalized spacial score (nSPS) is 10.9. The number of aryl methyl sites for hydroxylation is 1. The lowest BCUT2D eigenvalue weighted by atomic mass is 9.95. The summed E-state index contributed by atoms with van der Waals surface area (Å²) in [5.74, 6) is -1.41. The summed E-state index contributed by atoms with van der Waals surface area (Å²) >= 11 is 0. The lowest BCUT2D eigenvalue weighted by Gasteiger charge is -2.17. The van der Waals surface area contributed by atoms with Gasteiger partial charge in [-0.05, 0) is 37.3 Å². The SMILES string of the molecule is Cc1ccc(C(=O)OCC(=O)c2ccc(NC(=O)C(C)(C)C)cc2)cc1[N+](=O)[O-]. The van der Waals surface area contributed by atoms with Crippen molar-refractivity contribution in [3.05, 3.63) is 69.3 Å². The summed E-state index contributed by atoms with van der Waals surface area (Å²) in [7, 11) is 0. The van der Waals surface area contributed by atoms with Crippen LogP contribution in [-0.4, -0.2) is 29.2 Å². The van der Waals surface area contributed by atoms with Gasteiger partial charge in [-0.25, -0.2) is 4.79 Å². The van der Waals surface area contributed by atoms with Crippen molar-refractivity contribution in [2.75, 3.05) is 11.9 Å². The van der Waals surface area contributed by atoms with Gasteiger partial charge in [0.15, 0.2) is 12.4 Å². The van der Waals surface area contributed by atoms with Crippen LogP contribution in [0.15, 0.2) is 42.5 Å². The number of nitrogens with zero attached hydrogens (tertiary/aromatic N) is 1. The molecular formula is C21H22N2O6. The quantitative estimate of drug-likeness (QED) is 0.341. The fourth-order valence-corrected chi connectivity index (χ4v) is 2.29. The van der Waals surface area contributed by atoms with Gasteiger partial charge in [0.25, 0.3) is 5.69 Å².